The lowest BCUT2D eigenvalue weighted by Crippen LogP contribution is -2.40. The average Bonchev–Trinajstić information content (AvgIpc) is 3.26. The van der Waals surface area contributed by atoms with Gasteiger partial charge in [0.2, 0.25) is 0 Å². The predicted molar refractivity (Wildman–Crippen MR) is 181 cm³/mol. The SMILES string of the molecule is CCOC(=O)C1=C(C)N=c2s/c(=C/c3cc(I)c(OCc4ccccc4Cl)c(I)c3)c(=O)n2[C@H]1c1ccccc1OC. The Morgan fingerprint density at radius 2 is 1.81 bits per heavy atom. The molecule has 4 aromatic rings. The van der Waals surface area contributed by atoms with Crippen LogP contribution in [0.25, 0.3) is 6.08 Å². The molecule has 0 spiro atoms. The van der Waals surface area contributed by atoms with Crippen LogP contribution in [-0.2, 0) is 16.1 Å². The van der Waals surface area contributed by atoms with Crippen LogP contribution in [0.4, 0.5) is 0 Å². The summed E-state index contributed by atoms with van der Waals surface area (Å²) in [6.07, 6.45) is 1.84. The fourth-order valence-electron chi connectivity index (χ4n) is 4.70. The lowest BCUT2D eigenvalue weighted by molar-refractivity contribution is -0.139. The number of esters is 1. The van der Waals surface area contributed by atoms with Gasteiger partial charge in [0.05, 0.1) is 36.7 Å². The topological polar surface area (TPSA) is 79.1 Å². The van der Waals surface area contributed by atoms with E-state index in [1.807, 2.05) is 66.7 Å². The number of benzene rings is 3. The number of ether oxygens (including phenoxy) is 3. The van der Waals surface area contributed by atoms with Crippen LogP contribution in [0.3, 0.4) is 0 Å². The van der Waals surface area contributed by atoms with Gasteiger partial charge in [0, 0.05) is 16.1 Å². The van der Waals surface area contributed by atoms with Crippen LogP contribution >= 0.6 is 68.1 Å². The van der Waals surface area contributed by atoms with E-state index in [0.29, 0.717) is 43.5 Å². The molecular formula is C31H25ClI2N2O5S. The van der Waals surface area contributed by atoms with Crippen LogP contribution in [0.1, 0.15) is 36.6 Å². The first-order valence-electron chi connectivity index (χ1n) is 12.9. The average molecular weight is 827 g/mol. The molecule has 1 aliphatic heterocycles. The van der Waals surface area contributed by atoms with E-state index in [1.165, 1.54) is 11.3 Å². The summed E-state index contributed by atoms with van der Waals surface area (Å²) in [5.41, 5.74) is 2.97. The Labute approximate surface area is 278 Å². The first-order chi connectivity index (χ1) is 20.2. The molecule has 5 rings (SSSR count). The van der Waals surface area contributed by atoms with E-state index >= 15 is 0 Å². The number of rotatable bonds is 8. The largest absolute Gasteiger partial charge is 0.496 e. The van der Waals surface area contributed by atoms with Gasteiger partial charge >= 0.3 is 5.97 Å². The Kier molecular flexibility index (Phi) is 9.75. The van der Waals surface area contributed by atoms with Crippen LogP contribution in [0.2, 0.25) is 5.02 Å². The van der Waals surface area contributed by atoms with Crippen LogP contribution < -0.4 is 24.4 Å². The zero-order valence-corrected chi connectivity index (χ0v) is 28.7. The Balaban J connectivity index is 1.58. The third kappa shape index (κ3) is 6.17. The van der Waals surface area contributed by atoms with Gasteiger partial charge < -0.3 is 14.2 Å². The Bertz CT molecular complexity index is 1880. The number of fused-ring (bicyclic) bond motifs is 1. The van der Waals surface area contributed by atoms with Crippen molar-refractivity contribution in [1.82, 2.24) is 4.57 Å². The Morgan fingerprint density at radius 1 is 1.12 bits per heavy atom. The van der Waals surface area contributed by atoms with E-state index in [4.69, 9.17) is 25.8 Å². The van der Waals surface area contributed by atoms with Crippen LogP contribution in [-0.4, -0.2) is 24.3 Å². The maximum absolute atomic E-state index is 14.0. The first kappa shape index (κ1) is 30.8. The van der Waals surface area contributed by atoms with Crippen molar-refractivity contribution in [2.75, 3.05) is 13.7 Å². The molecule has 11 heteroatoms. The van der Waals surface area contributed by atoms with Crippen molar-refractivity contribution in [3.05, 3.63) is 120 Å². The number of hydrogen-bond donors (Lipinski definition) is 0. The van der Waals surface area contributed by atoms with Gasteiger partial charge in [0.15, 0.2) is 4.80 Å². The number of para-hydroxylation sites is 1. The van der Waals surface area contributed by atoms with E-state index in [2.05, 4.69) is 50.2 Å². The molecule has 0 unspecified atom stereocenters. The Hall–Kier alpha value is -2.68. The molecule has 0 radical (unpaired) electrons. The first-order valence-corrected chi connectivity index (χ1v) is 16.3. The fraction of sp³-hybridized carbons (Fsp3) is 0.194. The van der Waals surface area contributed by atoms with E-state index in [9.17, 15) is 9.59 Å². The molecule has 2 heterocycles. The van der Waals surface area contributed by atoms with Gasteiger partial charge in [-0.05, 0) is 94.9 Å². The lowest BCUT2D eigenvalue weighted by Gasteiger charge is -2.25. The highest BCUT2D eigenvalue weighted by atomic mass is 127. The van der Waals surface area contributed by atoms with Crippen LogP contribution in [0.5, 0.6) is 11.5 Å². The number of methoxy groups -OCH3 is 1. The molecule has 1 atom stereocenters. The summed E-state index contributed by atoms with van der Waals surface area (Å²) < 4.78 is 21.0. The molecule has 1 aromatic heterocycles. The highest BCUT2D eigenvalue weighted by Gasteiger charge is 2.35. The van der Waals surface area contributed by atoms with Crippen molar-refractivity contribution >= 4 is 80.2 Å². The number of thiazole rings is 1. The van der Waals surface area contributed by atoms with Crippen molar-refractivity contribution in [2.24, 2.45) is 4.99 Å². The van der Waals surface area contributed by atoms with Crippen molar-refractivity contribution in [3.63, 3.8) is 0 Å². The molecule has 1 aliphatic rings. The minimum absolute atomic E-state index is 0.202. The summed E-state index contributed by atoms with van der Waals surface area (Å²) >= 11 is 12.0. The highest BCUT2D eigenvalue weighted by molar-refractivity contribution is 14.1. The zero-order chi connectivity index (χ0) is 30.0. The molecule has 0 fully saturated rings. The van der Waals surface area contributed by atoms with Gasteiger partial charge in [-0.1, -0.05) is 59.3 Å². The molecule has 7 nitrogen and oxygen atoms in total. The minimum Gasteiger partial charge on any atom is -0.496 e. The minimum atomic E-state index is -0.751. The number of hydrogen-bond acceptors (Lipinski definition) is 7. The fourth-order valence-corrected chi connectivity index (χ4v) is 8.06. The second kappa shape index (κ2) is 13.3. The molecule has 42 heavy (non-hydrogen) atoms. The molecular weight excluding hydrogens is 802 g/mol. The molecule has 0 bridgehead atoms. The normalized spacial score (nSPS) is 14.8. The summed E-state index contributed by atoms with van der Waals surface area (Å²) in [5, 5.41) is 0.655. The second-order valence-electron chi connectivity index (χ2n) is 9.24. The number of carbonyl (C=O) groups is 1. The molecule has 3 aromatic carbocycles. The molecule has 0 N–H and O–H groups in total. The van der Waals surface area contributed by atoms with Gasteiger partial charge in [0.1, 0.15) is 24.1 Å². The van der Waals surface area contributed by atoms with E-state index in [0.717, 1.165) is 24.0 Å². The van der Waals surface area contributed by atoms with E-state index < -0.39 is 12.0 Å². The third-order valence-electron chi connectivity index (χ3n) is 6.60. The summed E-state index contributed by atoms with van der Waals surface area (Å²) in [6.45, 7) is 4.05. The standard InChI is InChI=1S/C31H25ClI2N2O5S/c1-4-40-30(38)26-17(2)35-31-36(27(26)20-10-6-8-12-24(20)39-3)29(37)25(42-31)15-18-13-22(33)28(23(34)14-18)41-16-19-9-5-7-11-21(19)32/h5-15,27H,4,16H2,1-3H3/b25-15+/t27-/m0/s1. The Morgan fingerprint density at radius 3 is 2.50 bits per heavy atom. The highest BCUT2D eigenvalue weighted by Crippen LogP contribution is 2.36. The summed E-state index contributed by atoms with van der Waals surface area (Å²) in [6, 6.07) is 18.1. The third-order valence-corrected chi connectivity index (χ3v) is 9.55. The summed E-state index contributed by atoms with van der Waals surface area (Å²) in [4.78, 5) is 32.3. The molecule has 0 saturated heterocycles. The van der Waals surface area contributed by atoms with Crippen molar-refractivity contribution in [2.45, 2.75) is 26.5 Å². The number of halogens is 3. The maximum Gasteiger partial charge on any atom is 0.338 e. The van der Waals surface area contributed by atoms with Crippen molar-refractivity contribution < 1.29 is 19.0 Å². The maximum atomic E-state index is 14.0. The number of aromatic nitrogens is 1. The van der Waals surface area contributed by atoms with Gasteiger partial charge in [-0.25, -0.2) is 9.79 Å². The van der Waals surface area contributed by atoms with Crippen LogP contribution in [0, 0.1) is 7.14 Å². The van der Waals surface area contributed by atoms with Crippen molar-refractivity contribution in [3.8, 4) is 11.5 Å². The molecule has 0 aliphatic carbocycles. The van der Waals surface area contributed by atoms with Gasteiger partial charge in [0.25, 0.3) is 5.56 Å². The summed E-state index contributed by atoms with van der Waals surface area (Å²) in [7, 11) is 1.56. The van der Waals surface area contributed by atoms with E-state index in [1.54, 1.807) is 25.5 Å². The number of allylic oxidation sites excluding steroid dienone is 1. The van der Waals surface area contributed by atoms with Gasteiger partial charge in [-0.2, -0.15) is 0 Å². The monoisotopic (exact) mass is 826 g/mol. The van der Waals surface area contributed by atoms with Gasteiger partial charge in [-0.15, -0.1) is 0 Å². The second-order valence-corrected chi connectivity index (χ2v) is 13.0. The molecule has 0 amide bonds. The van der Waals surface area contributed by atoms with Crippen LogP contribution in [0.15, 0.2) is 81.7 Å². The van der Waals surface area contributed by atoms with E-state index in [-0.39, 0.29) is 12.2 Å². The number of nitrogens with zero attached hydrogens (tertiary/aromatic N) is 2. The zero-order valence-electron chi connectivity index (χ0n) is 22.8. The molecule has 216 valence electrons. The van der Waals surface area contributed by atoms with Crippen molar-refractivity contribution in [1.29, 1.82) is 0 Å². The predicted octanol–water partition coefficient (Wildman–Crippen LogP) is 6.25. The quantitative estimate of drug-likeness (QED) is 0.155. The lowest BCUT2D eigenvalue weighted by atomic mass is 9.95. The molecule has 0 saturated carbocycles. The smallest absolute Gasteiger partial charge is 0.338 e. The number of carbonyl (C=O) groups excluding carboxylic acids is 1. The van der Waals surface area contributed by atoms with Gasteiger partial charge in [-0.3, -0.25) is 9.36 Å². The summed E-state index contributed by atoms with van der Waals surface area (Å²) in [5.74, 6) is 0.797.